The number of ether oxygens (including phenoxy) is 1. The molecule has 0 bridgehead atoms. The van der Waals surface area contributed by atoms with Crippen molar-refractivity contribution in [1.29, 1.82) is 0 Å². The molecular formula is C23H24F3N5O4. The van der Waals surface area contributed by atoms with E-state index in [0.717, 1.165) is 32.0 Å². The topological polar surface area (TPSA) is 124 Å². The van der Waals surface area contributed by atoms with Crippen molar-refractivity contribution in [3.63, 3.8) is 0 Å². The maximum Gasteiger partial charge on any atom is 0.433 e. The van der Waals surface area contributed by atoms with Crippen molar-refractivity contribution >= 4 is 22.7 Å². The molecular weight excluding hydrogens is 467 g/mol. The zero-order chi connectivity index (χ0) is 25.2. The van der Waals surface area contributed by atoms with E-state index in [4.69, 9.17) is 14.9 Å². The largest absolute Gasteiger partial charge is 0.494 e. The molecule has 4 rings (SSSR count). The summed E-state index contributed by atoms with van der Waals surface area (Å²) < 4.78 is 50.4. The van der Waals surface area contributed by atoms with Gasteiger partial charge in [0.05, 0.1) is 13.7 Å². The predicted molar refractivity (Wildman–Crippen MR) is 119 cm³/mol. The monoisotopic (exact) mass is 491 g/mol. The second-order valence-corrected chi connectivity index (χ2v) is 7.99. The maximum atomic E-state index is 13.2. The summed E-state index contributed by atoms with van der Waals surface area (Å²) in [7, 11) is 1.32. The van der Waals surface area contributed by atoms with Crippen LogP contribution in [0.15, 0.2) is 28.7 Å². The van der Waals surface area contributed by atoms with Gasteiger partial charge in [-0.1, -0.05) is 0 Å². The Hall–Kier alpha value is -3.67. The number of amides is 2. The van der Waals surface area contributed by atoms with Crippen LogP contribution in [-0.2, 0) is 17.5 Å². The maximum absolute atomic E-state index is 13.2. The summed E-state index contributed by atoms with van der Waals surface area (Å²) in [5, 5.41) is 2.95. The van der Waals surface area contributed by atoms with Gasteiger partial charge in [-0.05, 0) is 37.1 Å². The number of alkyl halides is 3. The summed E-state index contributed by atoms with van der Waals surface area (Å²) in [6.45, 7) is 1.45. The van der Waals surface area contributed by atoms with Crippen molar-refractivity contribution in [3.8, 4) is 17.2 Å². The van der Waals surface area contributed by atoms with E-state index < -0.39 is 17.8 Å². The number of pyridine rings is 1. The fourth-order valence-electron chi connectivity index (χ4n) is 3.98. The molecule has 0 unspecified atom stereocenters. The van der Waals surface area contributed by atoms with Crippen molar-refractivity contribution in [2.24, 2.45) is 5.73 Å². The summed E-state index contributed by atoms with van der Waals surface area (Å²) in [5.41, 5.74) is 4.90. The summed E-state index contributed by atoms with van der Waals surface area (Å²) in [6, 6.07) is 5.10. The third-order valence-corrected chi connectivity index (χ3v) is 5.74. The van der Waals surface area contributed by atoms with Gasteiger partial charge >= 0.3 is 6.18 Å². The van der Waals surface area contributed by atoms with Crippen LogP contribution in [0.5, 0.6) is 5.75 Å². The van der Waals surface area contributed by atoms with E-state index >= 15 is 0 Å². The van der Waals surface area contributed by atoms with Crippen LogP contribution in [0.2, 0.25) is 0 Å². The third-order valence-electron chi connectivity index (χ3n) is 5.74. The van der Waals surface area contributed by atoms with Crippen LogP contribution >= 0.6 is 0 Å². The molecule has 1 aromatic carbocycles. The van der Waals surface area contributed by atoms with Gasteiger partial charge in [-0.2, -0.15) is 13.2 Å². The summed E-state index contributed by atoms with van der Waals surface area (Å²) in [6.07, 6.45) is -2.52. The summed E-state index contributed by atoms with van der Waals surface area (Å²) in [5.74, 6) is -0.352. The van der Waals surface area contributed by atoms with Gasteiger partial charge in [0.1, 0.15) is 17.0 Å². The number of methoxy groups -OCH3 is 1. The zero-order valence-electron chi connectivity index (χ0n) is 18.9. The summed E-state index contributed by atoms with van der Waals surface area (Å²) >= 11 is 0. The molecule has 0 atom stereocenters. The number of nitrogens with two attached hydrogens (primary N) is 1. The van der Waals surface area contributed by atoms with Gasteiger partial charge in [0.25, 0.3) is 5.91 Å². The van der Waals surface area contributed by atoms with Crippen LogP contribution in [-0.4, -0.2) is 53.4 Å². The molecule has 0 spiro atoms. The van der Waals surface area contributed by atoms with E-state index in [1.54, 1.807) is 11.0 Å². The van der Waals surface area contributed by atoms with Crippen molar-refractivity contribution in [3.05, 3.63) is 41.4 Å². The molecule has 1 aliphatic rings. The standard InChI is InChI=1S/C23H24F3N5O4/c1-34-15-6-4-14(13-5-7-17(23(24,25)26)29-19(13)15)22-30-20(16(12-27)35-22)21(33)28-9-8-18(32)31-10-2-3-11-31/h4-7H,2-3,8-12,27H2,1H3,(H,28,33). The first-order valence-electron chi connectivity index (χ1n) is 11.0. The van der Waals surface area contributed by atoms with Crippen molar-refractivity contribution in [1.82, 2.24) is 20.2 Å². The zero-order valence-corrected chi connectivity index (χ0v) is 18.9. The van der Waals surface area contributed by atoms with Crippen molar-refractivity contribution in [2.75, 3.05) is 26.7 Å². The molecule has 12 heteroatoms. The predicted octanol–water partition coefficient (Wildman–Crippen LogP) is 3.12. The smallest absolute Gasteiger partial charge is 0.433 e. The van der Waals surface area contributed by atoms with E-state index in [0.29, 0.717) is 10.9 Å². The molecule has 3 aromatic rings. The number of likely N-dealkylation sites (tertiary alicyclic amines) is 1. The van der Waals surface area contributed by atoms with Crippen LogP contribution in [0.25, 0.3) is 22.4 Å². The van der Waals surface area contributed by atoms with Crippen LogP contribution < -0.4 is 15.8 Å². The lowest BCUT2D eigenvalue weighted by atomic mass is 10.1. The molecule has 186 valence electrons. The second kappa shape index (κ2) is 9.90. The minimum atomic E-state index is -4.63. The first-order chi connectivity index (χ1) is 16.7. The molecule has 9 nitrogen and oxygen atoms in total. The lowest BCUT2D eigenvalue weighted by molar-refractivity contribution is -0.141. The van der Waals surface area contributed by atoms with Gasteiger partial charge in [0, 0.05) is 37.0 Å². The van der Waals surface area contributed by atoms with Crippen molar-refractivity contribution in [2.45, 2.75) is 32.0 Å². The highest BCUT2D eigenvalue weighted by molar-refractivity contribution is 5.98. The van der Waals surface area contributed by atoms with E-state index in [1.807, 2.05) is 0 Å². The highest BCUT2D eigenvalue weighted by atomic mass is 19.4. The van der Waals surface area contributed by atoms with Crippen LogP contribution in [0.1, 0.15) is 41.2 Å². The number of aromatic nitrogens is 2. The SMILES string of the molecule is COc1ccc(-c2nc(C(=O)NCCC(=O)N3CCCC3)c(CN)o2)c2ccc(C(F)(F)F)nc12. The van der Waals surface area contributed by atoms with Gasteiger partial charge in [0.2, 0.25) is 11.8 Å². The molecule has 35 heavy (non-hydrogen) atoms. The Kier molecular flexibility index (Phi) is 6.92. The van der Waals surface area contributed by atoms with Crippen molar-refractivity contribution < 1.29 is 31.9 Å². The van der Waals surface area contributed by atoms with E-state index in [2.05, 4.69) is 15.3 Å². The number of hydrogen-bond acceptors (Lipinski definition) is 7. The molecule has 0 aliphatic carbocycles. The van der Waals surface area contributed by atoms with E-state index in [9.17, 15) is 22.8 Å². The number of fused-ring (bicyclic) bond motifs is 1. The van der Waals surface area contributed by atoms with E-state index in [1.165, 1.54) is 19.2 Å². The molecule has 1 saturated heterocycles. The van der Waals surface area contributed by atoms with Crippen LogP contribution in [0.3, 0.4) is 0 Å². The van der Waals surface area contributed by atoms with Gasteiger partial charge in [0.15, 0.2) is 11.5 Å². The number of rotatable bonds is 7. The first-order valence-corrected chi connectivity index (χ1v) is 11.0. The first kappa shape index (κ1) is 24.5. The normalized spacial score (nSPS) is 13.9. The molecule has 1 aliphatic heterocycles. The highest BCUT2D eigenvalue weighted by Gasteiger charge is 2.33. The number of nitrogens with zero attached hydrogens (tertiary/aromatic N) is 3. The Balaban J connectivity index is 1.60. The third kappa shape index (κ3) is 5.06. The van der Waals surface area contributed by atoms with Crippen LogP contribution in [0.4, 0.5) is 13.2 Å². The molecule has 3 heterocycles. The Morgan fingerprint density at radius 3 is 2.57 bits per heavy atom. The Morgan fingerprint density at radius 1 is 1.17 bits per heavy atom. The summed E-state index contributed by atoms with van der Waals surface area (Å²) in [4.78, 5) is 34.6. The quantitative estimate of drug-likeness (QED) is 0.521. The molecule has 0 radical (unpaired) electrons. The second-order valence-electron chi connectivity index (χ2n) is 7.99. The molecule has 2 amide bonds. The fraction of sp³-hybridized carbons (Fsp3) is 0.391. The lowest BCUT2D eigenvalue weighted by Gasteiger charge is -2.14. The molecule has 3 N–H and O–H groups in total. The van der Waals surface area contributed by atoms with Gasteiger partial charge in [-0.15, -0.1) is 0 Å². The fourth-order valence-corrected chi connectivity index (χ4v) is 3.98. The Labute approximate surface area is 198 Å². The van der Waals surface area contributed by atoms with Gasteiger partial charge < -0.3 is 25.1 Å². The number of benzene rings is 1. The number of oxazole rings is 1. The Bertz CT molecular complexity index is 1250. The number of halogens is 3. The minimum Gasteiger partial charge on any atom is -0.494 e. The average molecular weight is 491 g/mol. The minimum absolute atomic E-state index is 0.00189. The molecule has 1 fully saturated rings. The number of hydrogen-bond donors (Lipinski definition) is 2. The number of carbonyl (C=O) groups is 2. The number of carbonyl (C=O) groups excluding carboxylic acids is 2. The van der Waals surface area contributed by atoms with Gasteiger partial charge in [-0.3, -0.25) is 9.59 Å². The number of nitrogens with one attached hydrogen (secondary N) is 1. The average Bonchev–Trinajstić information content (AvgIpc) is 3.52. The molecule has 0 saturated carbocycles. The molecule has 2 aromatic heterocycles. The van der Waals surface area contributed by atoms with E-state index in [-0.39, 0.29) is 54.0 Å². The Morgan fingerprint density at radius 2 is 1.91 bits per heavy atom. The lowest BCUT2D eigenvalue weighted by Crippen LogP contribution is -2.33. The van der Waals surface area contributed by atoms with Crippen LogP contribution in [0, 0.1) is 0 Å². The highest BCUT2D eigenvalue weighted by Crippen LogP contribution is 2.36. The van der Waals surface area contributed by atoms with Gasteiger partial charge in [-0.25, -0.2) is 9.97 Å².